The number of rotatable bonds is 7. The van der Waals surface area contributed by atoms with Crippen molar-refractivity contribution in [2.24, 2.45) is 11.8 Å². The molecular weight excluding hydrogens is 515 g/mol. The van der Waals surface area contributed by atoms with Gasteiger partial charge in [0.2, 0.25) is 0 Å². The monoisotopic (exact) mass is 548 g/mol. The highest BCUT2D eigenvalue weighted by Crippen LogP contribution is 2.58. The molecular formula is C28H33FN8O3. The van der Waals surface area contributed by atoms with E-state index in [-0.39, 0.29) is 23.5 Å². The lowest BCUT2D eigenvalue weighted by atomic mass is 9.51. The summed E-state index contributed by atoms with van der Waals surface area (Å²) in [5.41, 5.74) is 4.59. The molecule has 0 aliphatic heterocycles. The van der Waals surface area contributed by atoms with E-state index in [0.29, 0.717) is 40.8 Å². The second-order valence-corrected chi connectivity index (χ2v) is 12.5. The molecule has 3 aromatic heterocycles. The molecule has 0 spiro atoms. The summed E-state index contributed by atoms with van der Waals surface area (Å²) in [4.78, 5) is 22.1. The molecule has 3 heterocycles. The third-order valence-electron chi connectivity index (χ3n) is 8.68. The van der Waals surface area contributed by atoms with Crippen molar-refractivity contribution < 1.29 is 19.4 Å². The van der Waals surface area contributed by atoms with Gasteiger partial charge in [-0.05, 0) is 70.3 Å². The number of aliphatic hydroxyl groups is 2. The van der Waals surface area contributed by atoms with Crippen molar-refractivity contribution in [3.63, 3.8) is 0 Å². The van der Waals surface area contributed by atoms with Crippen molar-refractivity contribution in [1.29, 1.82) is 5.26 Å². The molecule has 210 valence electrons. The van der Waals surface area contributed by atoms with Gasteiger partial charge in [-0.3, -0.25) is 4.79 Å². The number of nitrogens with one attached hydrogen (secondary N) is 2. The highest BCUT2D eigenvalue weighted by molar-refractivity contribution is 5.99. The largest absolute Gasteiger partial charge is 0.390 e. The predicted molar refractivity (Wildman–Crippen MR) is 145 cm³/mol. The van der Waals surface area contributed by atoms with Crippen LogP contribution in [0, 0.1) is 23.2 Å². The molecule has 4 fully saturated rings. The lowest BCUT2D eigenvalue weighted by Gasteiger charge is -2.60. The average molecular weight is 549 g/mol. The van der Waals surface area contributed by atoms with E-state index in [9.17, 15) is 24.7 Å². The van der Waals surface area contributed by atoms with Crippen LogP contribution in [0.3, 0.4) is 0 Å². The van der Waals surface area contributed by atoms with Crippen molar-refractivity contribution in [1.82, 2.24) is 25.1 Å². The highest BCUT2D eigenvalue weighted by atomic mass is 19.1. The Balaban J connectivity index is 1.38. The quantitative estimate of drug-likeness (QED) is 0.297. The van der Waals surface area contributed by atoms with Crippen LogP contribution in [0.4, 0.5) is 15.9 Å². The van der Waals surface area contributed by atoms with E-state index < -0.39 is 28.8 Å². The number of hydrogen-bond donors (Lipinski definition) is 5. The van der Waals surface area contributed by atoms with Crippen LogP contribution in [0.15, 0.2) is 24.5 Å². The summed E-state index contributed by atoms with van der Waals surface area (Å²) in [7, 11) is 0. The number of alkyl halides is 1. The Labute approximate surface area is 230 Å². The number of halogens is 1. The van der Waals surface area contributed by atoms with Gasteiger partial charge in [-0.25, -0.2) is 14.4 Å². The smallest absolute Gasteiger partial charge is 0.255 e. The van der Waals surface area contributed by atoms with Crippen molar-refractivity contribution >= 4 is 28.4 Å². The van der Waals surface area contributed by atoms with Gasteiger partial charge in [0.15, 0.2) is 11.5 Å². The maximum absolute atomic E-state index is 14.4. The van der Waals surface area contributed by atoms with E-state index in [1.807, 2.05) is 6.07 Å². The Bertz CT molecular complexity index is 1530. The molecule has 4 bridgehead atoms. The molecule has 1 amide bonds. The zero-order chi connectivity index (χ0) is 28.4. The molecule has 4 aliphatic carbocycles. The summed E-state index contributed by atoms with van der Waals surface area (Å²) >= 11 is 0. The number of carbonyl (C=O) groups is 1. The Kier molecular flexibility index (Phi) is 6.01. The lowest BCUT2D eigenvalue weighted by molar-refractivity contribution is -0.127. The van der Waals surface area contributed by atoms with E-state index in [2.05, 4.69) is 25.7 Å². The van der Waals surface area contributed by atoms with Crippen molar-refractivity contribution in [3.05, 3.63) is 35.7 Å². The number of fused-ring (bicyclic) bond motifs is 1. The third kappa shape index (κ3) is 4.63. The van der Waals surface area contributed by atoms with Crippen LogP contribution in [-0.2, 0) is 0 Å². The first-order chi connectivity index (χ1) is 18.9. The van der Waals surface area contributed by atoms with Crippen molar-refractivity contribution in [3.8, 4) is 11.9 Å². The molecule has 4 saturated carbocycles. The first-order valence-corrected chi connectivity index (χ1v) is 13.6. The fourth-order valence-corrected chi connectivity index (χ4v) is 7.25. The fourth-order valence-electron chi connectivity index (χ4n) is 7.25. The zero-order valence-electron chi connectivity index (χ0n) is 22.5. The molecule has 6 N–H and O–H groups in total. The number of nitrogens with zero attached hydrogens (tertiary/aromatic N) is 5. The molecule has 40 heavy (non-hydrogen) atoms. The van der Waals surface area contributed by atoms with Gasteiger partial charge in [-0.2, -0.15) is 15.0 Å². The topological polar surface area (TPSA) is 175 Å². The molecule has 4 aliphatic rings. The Morgan fingerprint density at radius 2 is 2.02 bits per heavy atom. The standard InChI is InChI=1S/C28H33FN8O3/c1-26(2,39)21(29)13-33-25(38)19-12-32-22(37-24-18(11-34-37)4-17(10-30)23(31)35-24)5-20(19)36-27-6-15-3-16(7-27)9-28(40,8-15)14-27/h4-5,11-12,15-16,21,39-40H,3,6-9,13-14H2,1-2H3,(H2,31,35)(H,32,36)(H,33,38)/t15-,16?,21+,27?,28?/m0/s1. The van der Waals surface area contributed by atoms with Crippen LogP contribution in [0.2, 0.25) is 0 Å². The normalized spacial score (nSPS) is 27.9. The summed E-state index contributed by atoms with van der Waals surface area (Å²) < 4.78 is 15.9. The molecule has 11 nitrogen and oxygen atoms in total. The summed E-state index contributed by atoms with van der Waals surface area (Å²) in [6.07, 6.45) is 6.35. The van der Waals surface area contributed by atoms with Crippen LogP contribution in [0.5, 0.6) is 0 Å². The number of aromatic nitrogens is 4. The Morgan fingerprint density at radius 1 is 1.30 bits per heavy atom. The number of nitriles is 1. The molecule has 3 unspecified atom stereocenters. The lowest BCUT2D eigenvalue weighted by Crippen LogP contribution is -2.62. The second kappa shape index (κ2) is 9.11. The molecule has 0 saturated heterocycles. The molecule has 0 radical (unpaired) electrons. The van der Waals surface area contributed by atoms with E-state index in [0.717, 1.165) is 32.1 Å². The van der Waals surface area contributed by atoms with Crippen LogP contribution in [0.1, 0.15) is 68.3 Å². The Hall–Kier alpha value is -3.82. The molecule has 7 rings (SSSR count). The fraction of sp³-hybridized carbons (Fsp3) is 0.536. The van der Waals surface area contributed by atoms with E-state index in [1.54, 1.807) is 18.3 Å². The van der Waals surface area contributed by atoms with Crippen molar-refractivity contribution in [2.45, 2.75) is 75.3 Å². The van der Waals surface area contributed by atoms with Gasteiger partial charge in [0, 0.05) is 23.2 Å². The van der Waals surface area contributed by atoms with Crippen molar-refractivity contribution in [2.75, 3.05) is 17.6 Å². The summed E-state index contributed by atoms with van der Waals surface area (Å²) in [6.45, 7) is 2.33. The van der Waals surface area contributed by atoms with Crippen LogP contribution < -0.4 is 16.4 Å². The Morgan fingerprint density at radius 3 is 2.67 bits per heavy atom. The number of hydrogen-bond acceptors (Lipinski definition) is 9. The highest BCUT2D eigenvalue weighted by Gasteiger charge is 2.57. The van der Waals surface area contributed by atoms with Gasteiger partial charge in [-0.15, -0.1) is 0 Å². The van der Waals surface area contributed by atoms with Gasteiger partial charge in [-0.1, -0.05) is 0 Å². The minimum atomic E-state index is -1.66. The molecule has 12 heteroatoms. The van der Waals surface area contributed by atoms with Gasteiger partial charge in [0.05, 0.1) is 40.8 Å². The number of pyridine rings is 2. The average Bonchev–Trinajstić information content (AvgIpc) is 3.26. The summed E-state index contributed by atoms with van der Waals surface area (Å²) in [5.74, 6) is 0.721. The van der Waals surface area contributed by atoms with E-state index >= 15 is 0 Å². The minimum Gasteiger partial charge on any atom is -0.390 e. The first kappa shape index (κ1) is 26.4. The minimum absolute atomic E-state index is 0.0699. The van der Waals surface area contributed by atoms with Crippen LogP contribution in [0.25, 0.3) is 16.9 Å². The van der Waals surface area contributed by atoms with E-state index in [4.69, 9.17) is 5.73 Å². The van der Waals surface area contributed by atoms with Gasteiger partial charge < -0.3 is 26.6 Å². The van der Waals surface area contributed by atoms with Gasteiger partial charge in [0.1, 0.15) is 18.1 Å². The number of amides is 1. The molecule has 0 aromatic carbocycles. The van der Waals surface area contributed by atoms with Gasteiger partial charge >= 0.3 is 0 Å². The number of nitrogen functional groups attached to an aromatic ring is 1. The number of anilines is 2. The third-order valence-corrected chi connectivity index (χ3v) is 8.68. The SMILES string of the molecule is CC(C)(O)[C@H](F)CNC(=O)c1cnc(-n2ncc3cc(C#N)c(N)nc32)cc1NC12CC3C[C@H](CC(O)(C3)C1)C2. The van der Waals surface area contributed by atoms with Crippen LogP contribution in [-0.4, -0.2) is 65.3 Å². The van der Waals surface area contributed by atoms with Crippen LogP contribution >= 0.6 is 0 Å². The number of carbonyl (C=O) groups excluding carboxylic acids is 1. The molecule has 5 atom stereocenters. The van der Waals surface area contributed by atoms with E-state index in [1.165, 1.54) is 24.7 Å². The second-order valence-electron chi connectivity index (χ2n) is 12.5. The summed E-state index contributed by atoms with van der Waals surface area (Å²) in [5, 5.41) is 41.8. The zero-order valence-corrected chi connectivity index (χ0v) is 22.5. The molecule has 3 aromatic rings. The summed E-state index contributed by atoms with van der Waals surface area (Å²) in [6, 6.07) is 5.32. The maximum Gasteiger partial charge on any atom is 0.255 e. The first-order valence-electron chi connectivity index (χ1n) is 13.6. The predicted octanol–water partition coefficient (Wildman–Crippen LogP) is 2.60. The van der Waals surface area contributed by atoms with Gasteiger partial charge in [0.25, 0.3) is 5.91 Å². The number of nitrogens with two attached hydrogens (primary N) is 1. The maximum atomic E-state index is 14.4.